The van der Waals surface area contributed by atoms with Crippen molar-refractivity contribution in [3.8, 4) is 11.5 Å². The smallest absolute Gasteiger partial charge is 0.244 e. The Kier molecular flexibility index (Phi) is 8.23. The highest BCUT2D eigenvalue weighted by Crippen LogP contribution is 2.27. The number of rotatable bonds is 10. The van der Waals surface area contributed by atoms with Gasteiger partial charge in [-0.05, 0) is 47.9 Å². The molecule has 0 bridgehead atoms. The number of hydrogen-bond donors (Lipinski definition) is 2. The Hall–Kier alpha value is -2.84. The van der Waals surface area contributed by atoms with E-state index in [1.807, 2.05) is 18.2 Å². The predicted octanol–water partition coefficient (Wildman–Crippen LogP) is 2.37. The highest BCUT2D eigenvalue weighted by Gasteiger charge is 2.11. The normalized spacial score (nSPS) is 11.4. The van der Waals surface area contributed by atoms with E-state index in [2.05, 4.69) is 10.0 Å². The summed E-state index contributed by atoms with van der Waals surface area (Å²) in [5.74, 6) is 1.08. The van der Waals surface area contributed by atoms with Crippen LogP contribution in [-0.2, 0) is 21.2 Å². The van der Waals surface area contributed by atoms with E-state index < -0.39 is 10.0 Å². The molecule has 156 valence electrons. The van der Waals surface area contributed by atoms with Crippen LogP contribution in [0.4, 0.5) is 0 Å². The molecular weight excluding hydrogens is 392 g/mol. The molecule has 0 spiro atoms. The number of methoxy groups -OCH3 is 2. The highest BCUT2D eigenvalue weighted by molar-refractivity contribution is 7.89. The Morgan fingerprint density at radius 2 is 1.72 bits per heavy atom. The molecule has 7 nitrogen and oxygen atoms in total. The molecule has 2 rings (SSSR count). The topological polar surface area (TPSA) is 93.7 Å². The van der Waals surface area contributed by atoms with Crippen molar-refractivity contribution in [3.05, 3.63) is 59.7 Å². The van der Waals surface area contributed by atoms with Gasteiger partial charge in [0, 0.05) is 19.2 Å². The zero-order valence-electron chi connectivity index (χ0n) is 16.8. The number of amides is 1. The Morgan fingerprint density at radius 1 is 1.03 bits per heavy atom. The number of carbonyl (C=O) groups excluding carboxylic acids is 1. The maximum Gasteiger partial charge on any atom is 0.244 e. The molecule has 2 N–H and O–H groups in total. The first-order valence-electron chi connectivity index (χ1n) is 9.16. The van der Waals surface area contributed by atoms with Gasteiger partial charge in [-0.15, -0.1) is 0 Å². The molecule has 1 amide bonds. The van der Waals surface area contributed by atoms with Gasteiger partial charge in [-0.1, -0.05) is 25.1 Å². The predicted molar refractivity (Wildman–Crippen MR) is 113 cm³/mol. The lowest BCUT2D eigenvalue weighted by molar-refractivity contribution is -0.116. The molecule has 2 aromatic carbocycles. The first kappa shape index (κ1) is 22.4. The Bertz CT molecular complexity index is 954. The third-order valence-electron chi connectivity index (χ3n) is 4.11. The second-order valence-electron chi connectivity index (χ2n) is 6.13. The van der Waals surface area contributed by atoms with Crippen LogP contribution >= 0.6 is 0 Å². The molecule has 8 heteroatoms. The fraction of sp³-hybridized carbons (Fsp3) is 0.286. The molecule has 0 aliphatic rings. The van der Waals surface area contributed by atoms with Crippen LogP contribution in [0.15, 0.2) is 53.4 Å². The number of benzene rings is 2. The second-order valence-corrected chi connectivity index (χ2v) is 7.90. The summed E-state index contributed by atoms with van der Waals surface area (Å²) in [6, 6.07) is 11.9. The molecule has 0 aromatic heterocycles. The lowest BCUT2D eigenvalue weighted by Crippen LogP contribution is -2.23. The fourth-order valence-corrected chi connectivity index (χ4v) is 3.67. The molecule has 0 aliphatic heterocycles. The highest BCUT2D eigenvalue weighted by atomic mass is 32.2. The van der Waals surface area contributed by atoms with Gasteiger partial charge in [-0.25, -0.2) is 13.1 Å². The van der Waals surface area contributed by atoms with Crippen LogP contribution < -0.4 is 19.5 Å². The third kappa shape index (κ3) is 6.62. The van der Waals surface area contributed by atoms with E-state index in [9.17, 15) is 13.2 Å². The lowest BCUT2D eigenvalue weighted by atomic mass is 10.1. The number of sulfonamides is 1. The molecule has 0 saturated carbocycles. The van der Waals surface area contributed by atoms with E-state index in [1.54, 1.807) is 39.4 Å². The van der Waals surface area contributed by atoms with E-state index in [-0.39, 0.29) is 10.8 Å². The van der Waals surface area contributed by atoms with Crippen molar-refractivity contribution in [3.63, 3.8) is 0 Å². The van der Waals surface area contributed by atoms with Crippen molar-refractivity contribution in [2.45, 2.75) is 18.2 Å². The Labute approximate surface area is 171 Å². The van der Waals surface area contributed by atoms with Crippen LogP contribution in [0, 0.1) is 0 Å². The maximum absolute atomic E-state index is 12.0. The first-order valence-corrected chi connectivity index (χ1v) is 10.6. The molecule has 29 heavy (non-hydrogen) atoms. The van der Waals surface area contributed by atoms with E-state index in [0.717, 1.165) is 11.1 Å². The zero-order chi connectivity index (χ0) is 21.3. The van der Waals surface area contributed by atoms with E-state index in [1.165, 1.54) is 18.2 Å². The van der Waals surface area contributed by atoms with Crippen LogP contribution in [0.2, 0.25) is 0 Å². The van der Waals surface area contributed by atoms with Crippen LogP contribution in [0.1, 0.15) is 18.1 Å². The molecule has 0 fully saturated rings. The number of carbonyl (C=O) groups is 1. The SMILES string of the molecule is CCNS(=O)(=O)c1ccc(/C=C/C(=O)NCCc2ccc(OC)c(OC)c2)cc1. The lowest BCUT2D eigenvalue weighted by Gasteiger charge is -2.09. The average Bonchev–Trinajstić information content (AvgIpc) is 2.72. The minimum absolute atomic E-state index is 0.191. The maximum atomic E-state index is 12.0. The summed E-state index contributed by atoms with van der Waals surface area (Å²) < 4.78 is 36.7. The van der Waals surface area contributed by atoms with Gasteiger partial charge < -0.3 is 14.8 Å². The monoisotopic (exact) mass is 418 g/mol. The third-order valence-corrected chi connectivity index (χ3v) is 5.67. The number of ether oxygens (including phenoxy) is 2. The number of nitrogens with one attached hydrogen (secondary N) is 2. The van der Waals surface area contributed by atoms with E-state index >= 15 is 0 Å². The van der Waals surface area contributed by atoms with Crippen molar-refractivity contribution in [2.75, 3.05) is 27.3 Å². The van der Waals surface area contributed by atoms with E-state index in [0.29, 0.717) is 31.0 Å². The summed E-state index contributed by atoms with van der Waals surface area (Å²) >= 11 is 0. The minimum Gasteiger partial charge on any atom is -0.493 e. The quantitative estimate of drug-likeness (QED) is 0.578. The standard InChI is InChI=1S/C21H26N2O5S/c1-4-23-29(25,26)18-9-5-16(6-10-18)8-12-21(24)22-14-13-17-7-11-19(27-2)20(15-17)28-3/h5-12,15,23H,4,13-14H2,1-3H3,(H,22,24)/b12-8+. The van der Waals surface area contributed by atoms with Gasteiger partial charge in [0.25, 0.3) is 0 Å². The Morgan fingerprint density at radius 3 is 2.34 bits per heavy atom. The average molecular weight is 419 g/mol. The van der Waals surface area contributed by atoms with Gasteiger partial charge in [0.15, 0.2) is 11.5 Å². The van der Waals surface area contributed by atoms with Gasteiger partial charge in [0.2, 0.25) is 15.9 Å². The van der Waals surface area contributed by atoms with Gasteiger partial charge in [-0.2, -0.15) is 0 Å². The number of hydrogen-bond acceptors (Lipinski definition) is 5. The summed E-state index contributed by atoms with van der Waals surface area (Å²) in [6.45, 7) is 2.52. The van der Waals surface area contributed by atoms with Crippen LogP contribution in [-0.4, -0.2) is 41.6 Å². The van der Waals surface area contributed by atoms with Crippen molar-refractivity contribution < 1.29 is 22.7 Å². The van der Waals surface area contributed by atoms with Crippen molar-refractivity contribution >= 4 is 22.0 Å². The molecule has 0 radical (unpaired) electrons. The molecular formula is C21H26N2O5S. The van der Waals surface area contributed by atoms with Crippen LogP contribution in [0.25, 0.3) is 6.08 Å². The van der Waals surface area contributed by atoms with Crippen molar-refractivity contribution in [1.29, 1.82) is 0 Å². The largest absolute Gasteiger partial charge is 0.493 e. The zero-order valence-corrected chi connectivity index (χ0v) is 17.6. The summed E-state index contributed by atoms with van der Waals surface area (Å²) in [4.78, 5) is 12.2. The molecule has 0 aliphatic carbocycles. The van der Waals surface area contributed by atoms with Crippen LogP contribution in [0.5, 0.6) is 11.5 Å². The van der Waals surface area contributed by atoms with Gasteiger partial charge in [-0.3, -0.25) is 4.79 Å². The molecule has 0 atom stereocenters. The molecule has 0 heterocycles. The van der Waals surface area contributed by atoms with Crippen molar-refractivity contribution in [1.82, 2.24) is 10.0 Å². The summed E-state index contributed by atoms with van der Waals surface area (Å²) in [5.41, 5.74) is 1.75. The molecule has 0 saturated heterocycles. The first-order chi connectivity index (χ1) is 13.9. The van der Waals surface area contributed by atoms with Gasteiger partial charge in [0.05, 0.1) is 19.1 Å². The molecule has 2 aromatic rings. The minimum atomic E-state index is -3.48. The summed E-state index contributed by atoms with van der Waals surface area (Å²) in [6.07, 6.45) is 3.70. The Balaban J connectivity index is 1.87. The van der Waals surface area contributed by atoms with Crippen LogP contribution in [0.3, 0.4) is 0 Å². The van der Waals surface area contributed by atoms with Gasteiger partial charge >= 0.3 is 0 Å². The van der Waals surface area contributed by atoms with Crippen molar-refractivity contribution in [2.24, 2.45) is 0 Å². The van der Waals surface area contributed by atoms with Gasteiger partial charge in [0.1, 0.15) is 0 Å². The second kappa shape index (κ2) is 10.6. The van der Waals surface area contributed by atoms with E-state index in [4.69, 9.17) is 9.47 Å². The molecule has 0 unspecified atom stereocenters. The fourth-order valence-electron chi connectivity index (χ4n) is 2.63. The summed E-state index contributed by atoms with van der Waals surface area (Å²) in [7, 11) is -0.315. The summed E-state index contributed by atoms with van der Waals surface area (Å²) in [5, 5.41) is 2.82.